The van der Waals surface area contributed by atoms with E-state index in [2.05, 4.69) is 15.2 Å². The molecule has 0 aliphatic carbocycles. The second-order valence-electron chi connectivity index (χ2n) is 5.67. The predicted octanol–water partition coefficient (Wildman–Crippen LogP) is 2.35. The molecule has 126 valence electrons. The SMILES string of the molecule is Nc1ccc(N2CCN(C(=O)NCc3ccccc3Cl)CC2)cn1. The molecule has 1 aromatic carbocycles. The number of anilines is 2. The van der Waals surface area contributed by atoms with Crippen molar-refractivity contribution in [1.29, 1.82) is 0 Å². The number of piperazine rings is 1. The van der Waals surface area contributed by atoms with E-state index in [1.54, 1.807) is 12.3 Å². The summed E-state index contributed by atoms with van der Waals surface area (Å²) in [5, 5.41) is 3.59. The van der Waals surface area contributed by atoms with Crippen LogP contribution in [0.25, 0.3) is 0 Å². The number of hydrogen-bond acceptors (Lipinski definition) is 4. The van der Waals surface area contributed by atoms with E-state index >= 15 is 0 Å². The number of amides is 2. The fourth-order valence-corrected chi connectivity index (χ4v) is 2.88. The molecule has 2 amide bonds. The van der Waals surface area contributed by atoms with E-state index in [4.69, 9.17) is 17.3 Å². The topological polar surface area (TPSA) is 74.5 Å². The molecule has 0 unspecified atom stereocenters. The van der Waals surface area contributed by atoms with Crippen LogP contribution in [0.2, 0.25) is 5.02 Å². The largest absolute Gasteiger partial charge is 0.384 e. The van der Waals surface area contributed by atoms with Gasteiger partial charge in [0.05, 0.1) is 11.9 Å². The Morgan fingerprint density at radius 2 is 1.92 bits per heavy atom. The number of carbonyl (C=O) groups is 1. The van der Waals surface area contributed by atoms with Gasteiger partial charge in [0.15, 0.2) is 0 Å². The lowest BCUT2D eigenvalue weighted by Crippen LogP contribution is -2.51. The molecule has 6 nitrogen and oxygen atoms in total. The van der Waals surface area contributed by atoms with Gasteiger partial charge in [0.2, 0.25) is 0 Å². The first-order chi connectivity index (χ1) is 11.6. The van der Waals surface area contributed by atoms with Gasteiger partial charge in [0, 0.05) is 37.7 Å². The molecular weight excluding hydrogens is 326 g/mol. The first-order valence-corrected chi connectivity index (χ1v) is 8.24. The van der Waals surface area contributed by atoms with Crippen molar-refractivity contribution in [3.8, 4) is 0 Å². The summed E-state index contributed by atoms with van der Waals surface area (Å²) in [6.45, 7) is 3.30. The van der Waals surface area contributed by atoms with Crippen LogP contribution in [-0.2, 0) is 6.54 Å². The summed E-state index contributed by atoms with van der Waals surface area (Å²) in [6.07, 6.45) is 1.77. The molecule has 2 heterocycles. The van der Waals surface area contributed by atoms with Crippen molar-refractivity contribution >= 4 is 29.1 Å². The number of benzene rings is 1. The van der Waals surface area contributed by atoms with Crippen molar-refractivity contribution in [3.05, 3.63) is 53.2 Å². The standard InChI is InChI=1S/C17H20ClN5O/c18-15-4-2-1-3-13(15)11-21-17(24)23-9-7-22(8-10-23)14-5-6-16(19)20-12-14/h1-6,12H,7-11H2,(H2,19,20)(H,21,24). The number of nitrogens with one attached hydrogen (secondary N) is 1. The number of pyridine rings is 1. The van der Waals surface area contributed by atoms with E-state index in [9.17, 15) is 4.79 Å². The van der Waals surface area contributed by atoms with E-state index in [1.807, 2.05) is 35.2 Å². The van der Waals surface area contributed by atoms with Crippen LogP contribution in [0.1, 0.15) is 5.56 Å². The van der Waals surface area contributed by atoms with Gasteiger partial charge >= 0.3 is 6.03 Å². The molecule has 0 radical (unpaired) electrons. The van der Waals surface area contributed by atoms with Crippen LogP contribution < -0.4 is 16.0 Å². The summed E-state index contributed by atoms with van der Waals surface area (Å²) in [4.78, 5) is 20.4. The van der Waals surface area contributed by atoms with Gasteiger partial charge in [-0.25, -0.2) is 9.78 Å². The van der Waals surface area contributed by atoms with Gasteiger partial charge in [-0.3, -0.25) is 0 Å². The normalized spacial score (nSPS) is 14.5. The molecule has 1 aliphatic rings. The first kappa shape index (κ1) is 16.4. The first-order valence-electron chi connectivity index (χ1n) is 7.86. The fraction of sp³-hybridized carbons (Fsp3) is 0.294. The number of rotatable bonds is 3. The smallest absolute Gasteiger partial charge is 0.317 e. The van der Waals surface area contributed by atoms with Gasteiger partial charge < -0.3 is 20.9 Å². The third-order valence-electron chi connectivity index (χ3n) is 4.09. The zero-order chi connectivity index (χ0) is 16.9. The molecule has 0 bridgehead atoms. The highest BCUT2D eigenvalue weighted by molar-refractivity contribution is 6.31. The summed E-state index contributed by atoms with van der Waals surface area (Å²) in [5.41, 5.74) is 7.55. The Balaban J connectivity index is 1.50. The number of hydrogen-bond donors (Lipinski definition) is 2. The number of nitrogens with zero attached hydrogens (tertiary/aromatic N) is 3. The van der Waals surface area contributed by atoms with Crippen molar-refractivity contribution in [3.63, 3.8) is 0 Å². The van der Waals surface area contributed by atoms with Crippen LogP contribution in [0.5, 0.6) is 0 Å². The predicted molar refractivity (Wildman–Crippen MR) is 96.1 cm³/mol. The molecule has 2 aromatic rings. The maximum absolute atomic E-state index is 12.3. The van der Waals surface area contributed by atoms with E-state index in [0.29, 0.717) is 30.5 Å². The summed E-state index contributed by atoms with van der Waals surface area (Å²) >= 11 is 6.11. The molecular formula is C17H20ClN5O. The molecule has 24 heavy (non-hydrogen) atoms. The lowest BCUT2D eigenvalue weighted by Gasteiger charge is -2.35. The average Bonchev–Trinajstić information content (AvgIpc) is 2.62. The summed E-state index contributed by atoms with van der Waals surface area (Å²) in [7, 11) is 0. The minimum Gasteiger partial charge on any atom is -0.384 e. The minimum atomic E-state index is -0.0648. The van der Waals surface area contributed by atoms with E-state index in [1.165, 1.54) is 0 Å². The van der Waals surface area contributed by atoms with Gasteiger partial charge in [-0.2, -0.15) is 0 Å². The molecule has 1 aliphatic heterocycles. The van der Waals surface area contributed by atoms with Gasteiger partial charge in [-0.1, -0.05) is 29.8 Å². The van der Waals surface area contributed by atoms with E-state index < -0.39 is 0 Å². The maximum Gasteiger partial charge on any atom is 0.317 e. The third kappa shape index (κ3) is 3.89. The minimum absolute atomic E-state index is 0.0648. The zero-order valence-electron chi connectivity index (χ0n) is 13.3. The highest BCUT2D eigenvalue weighted by atomic mass is 35.5. The van der Waals surface area contributed by atoms with Gasteiger partial charge in [-0.05, 0) is 23.8 Å². The molecule has 1 fully saturated rings. The van der Waals surface area contributed by atoms with Crippen molar-refractivity contribution in [2.75, 3.05) is 36.8 Å². The summed E-state index contributed by atoms with van der Waals surface area (Å²) < 4.78 is 0. The highest BCUT2D eigenvalue weighted by Gasteiger charge is 2.21. The van der Waals surface area contributed by atoms with Gasteiger partial charge in [-0.15, -0.1) is 0 Å². The number of carbonyl (C=O) groups excluding carboxylic acids is 1. The quantitative estimate of drug-likeness (QED) is 0.895. The number of halogens is 1. The monoisotopic (exact) mass is 345 g/mol. The Labute approximate surface area is 146 Å². The highest BCUT2D eigenvalue weighted by Crippen LogP contribution is 2.17. The molecule has 1 saturated heterocycles. The Morgan fingerprint density at radius 3 is 2.58 bits per heavy atom. The second-order valence-corrected chi connectivity index (χ2v) is 6.07. The Kier molecular flexibility index (Phi) is 5.05. The van der Waals surface area contributed by atoms with E-state index in [0.717, 1.165) is 24.3 Å². The van der Waals surface area contributed by atoms with Crippen LogP contribution >= 0.6 is 11.6 Å². The third-order valence-corrected chi connectivity index (χ3v) is 4.46. The molecule has 3 N–H and O–H groups in total. The van der Waals surface area contributed by atoms with Crippen LogP contribution in [0.4, 0.5) is 16.3 Å². The summed E-state index contributed by atoms with van der Waals surface area (Å²) in [5.74, 6) is 0.510. The lowest BCUT2D eigenvalue weighted by atomic mass is 10.2. The molecule has 1 aromatic heterocycles. The molecule has 0 saturated carbocycles. The number of aromatic nitrogens is 1. The number of nitrogen functional groups attached to an aromatic ring is 1. The van der Waals surface area contributed by atoms with Crippen LogP contribution in [0, 0.1) is 0 Å². The number of urea groups is 1. The van der Waals surface area contributed by atoms with Crippen molar-refractivity contribution < 1.29 is 4.79 Å². The van der Waals surface area contributed by atoms with Crippen molar-refractivity contribution in [2.45, 2.75) is 6.54 Å². The molecule has 3 rings (SSSR count). The molecule has 0 atom stereocenters. The van der Waals surface area contributed by atoms with Crippen molar-refractivity contribution in [1.82, 2.24) is 15.2 Å². The lowest BCUT2D eigenvalue weighted by molar-refractivity contribution is 0.194. The molecule has 0 spiro atoms. The van der Waals surface area contributed by atoms with Gasteiger partial charge in [0.25, 0.3) is 0 Å². The van der Waals surface area contributed by atoms with Crippen LogP contribution in [0.3, 0.4) is 0 Å². The van der Waals surface area contributed by atoms with Crippen LogP contribution in [0.15, 0.2) is 42.6 Å². The second kappa shape index (κ2) is 7.40. The van der Waals surface area contributed by atoms with Crippen molar-refractivity contribution in [2.24, 2.45) is 0 Å². The fourth-order valence-electron chi connectivity index (χ4n) is 2.68. The van der Waals surface area contributed by atoms with Gasteiger partial charge in [0.1, 0.15) is 5.82 Å². The number of nitrogens with two attached hydrogens (primary N) is 1. The van der Waals surface area contributed by atoms with Crippen LogP contribution in [-0.4, -0.2) is 42.1 Å². The Hall–Kier alpha value is -2.47. The average molecular weight is 346 g/mol. The molecule has 7 heteroatoms. The Morgan fingerprint density at radius 1 is 1.17 bits per heavy atom. The summed E-state index contributed by atoms with van der Waals surface area (Å²) in [6, 6.07) is 11.2. The Bertz CT molecular complexity index is 698. The zero-order valence-corrected chi connectivity index (χ0v) is 14.0. The van der Waals surface area contributed by atoms with E-state index in [-0.39, 0.29) is 6.03 Å². The maximum atomic E-state index is 12.3.